The van der Waals surface area contributed by atoms with Crippen molar-refractivity contribution in [3.8, 4) is 12.1 Å². The molecule has 0 radical (unpaired) electrons. The zero-order valence-corrected chi connectivity index (χ0v) is 19.4. The molecule has 1 aromatic heterocycles. The molecule has 168 valence electrons. The van der Waals surface area contributed by atoms with Crippen LogP contribution in [0.2, 0.25) is 0 Å². The van der Waals surface area contributed by atoms with E-state index >= 15 is 0 Å². The van der Waals surface area contributed by atoms with Gasteiger partial charge in [0.25, 0.3) is 0 Å². The number of nitrogens with zero attached hydrogens (tertiary/aromatic N) is 4. The number of primary amides is 1. The highest BCUT2D eigenvalue weighted by molar-refractivity contribution is 8.00. The van der Waals surface area contributed by atoms with E-state index in [1.807, 2.05) is 49.2 Å². The predicted molar refractivity (Wildman–Crippen MR) is 125 cm³/mol. The fourth-order valence-corrected chi connectivity index (χ4v) is 4.29. The van der Waals surface area contributed by atoms with Crippen molar-refractivity contribution in [3.05, 3.63) is 52.6 Å². The van der Waals surface area contributed by atoms with Crippen LogP contribution in [0.5, 0.6) is 0 Å². The summed E-state index contributed by atoms with van der Waals surface area (Å²) < 4.78 is 5.03. The van der Waals surface area contributed by atoms with Crippen molar-refractivity contribution in [3.63, 3.8) is 0 Å². The van der Waals surface area contributed by atoms with Crippen LogP contribution in [-0.4, -0.2) is 51.3 Å². The van der Waals surface area contributed by atoms with Crippen LogP contribution in [0.4, 0.5) is 5.82 Å². The van der Waals surface area contributed by atoms with Crippen molar-refractivity contribution < 1.29 is 9.53 Å². The van der Waals surface area contributed by atoms with Gasteiger partial charge in [-0.05, 0) is 17.5 Å². The second-order valence-corrected chi connectivity index (χ2v) is 8.12. The fourth-order valence-electron chi connectivity index (χ4n) is 3.23. The number of amides is 1. The van der Waals surface area contributed by atoms with E-state index in [2.05, 4.69) is 22.4 Å². The highest BCUT2D eigenvalue weighted by Crippen LogP contribution is 2.39. The zero-order chi connectivity index (χ0) is 23.5. The molecule has 32 heavy (non-hydrogen) atoms. The van der Waals surface area contributed by atoms with Crippen LogP contribution >= 0.6 is 11.8 Å². The molecule has 1 heterocycles. The van der Waals surface area contributed by atoms with Crippen LogP contribution in [0.25, 0.3) is 0 Å². The Balaban J connectivity index is 2.46. The molecule has 0 spiro atoms. The standard InChI is InChI=1S/C23H28N6O2S/c1-4-17-18(14-24)22(29(2)12-10-27-11-13-31-3)28-23(19(17)15-25)32-20(21(26)30)16-8-6-5-7-9-16/h5-9,20,27H,4,10-13H2,1-3H3,(H2,26,30). The average Bonchev–Trinajstić information content (AvgIpc) is 2.81. The number of anilines is 1. The first-order valence-corrected chi connectivity index (χ1v) is 11.1. The largest absolute Gasteiger partial charge is 0.383 e. The van der Waals surface area contributed by atoms with Gasteiger partial charge in [-0.25, -0.2) is 4.98 Å². The number of nitrogens with one attached hydrogen (secondary N) is 1. The van der Waals surface area contributed by atoms with Crippen LogP contribution in [0, 0.1) is 22.7 Å². The maximum absolute atomic E-state index is 12.2. The molecule has 1 atom stereocenters. The first-order valence-electron chi connectivity index (χ1n) is 10.3. The van der Waals surface area contributed by atoms with Gasteiger partial charge in [-0.3, -0.25) is 4.79 Å². The topological polar surface area (TPSA) is 128 Å². The van der Waals surface area contributed by atoms with E-state index < -0.39 is 11.2 Å². The summed E-state index contributed by atoms with van der Waals surface area (Å²) in [6, 6.07) is 13.6. The third-order valence-corrected chi connectivity index (χ3v) is 6.14. The molecule has 8 nitrogen and oxygen atoms in total. The predicted octanol–water partition coefficient (Wildman–Crippen LogP) is 2.38. The maximum atomic E-state index is 12.2. The molecule has 1 unspecified atom stereocenters. The van der Waals surface area contributed by atoms with E-state index in [-0.39, 0.29) is 0 Å². The molecule has 3 N–H and O–H groups in total. The molecule has 1 aromatic carbocycles. The summed E-state index contributed by atoms with van der Waals surface area (Å²) in [7, 11) is 3.50. The molecule has 0 saturated heterocycles. The fraction of sp³-hybridized carbons (Fsp3) is 0.391. The minimum atomic E-state index is -0.706. The Morgan fingerprint density at radius 1 is 1.25 bits per heavy atom. The number of ether oxygens (including phenoxy) is 1. The van der Waals surface area contributed by atoms with E-state index in [0.29, 0.717) is 53.7 Å². The number of aromatic nitrogens is 1. The van der Waals surface area contributed by atoms with Gasteiger partial charge in [0.2, 0.25) is 5.91 Å². The van der Waals surface area contributed by atoms with Crippen LogP contribution in [0.3, 0.4) is 0 Å². The Morgan fingerprint density at radius 3 is 2.50 bits per heavy atom. The maximum Gasteiger partial charge on any atom is 0.235 e. The number of nitriles is 2. The molecule has 1 amide bonds. The number of pyridine rings is 1. The summed E-state index contributed by atoms with van der Waals surface area (Å²) in [5.41, 5.74) is 7.73. The number of nitrogens with two attached hydrogens (primary N) is 1. The quantitative estimate of drug-likeness (QED) is 0.371. The summed E-state index contributed by atoms with van der Waals surface area (Å²) in [6.45, 7) is 4.49. The number of benzene rings is 1. The van der Waals surface area contributed by atoms with Crippen molar-refractivity contribution >= 4 is 23.5 Å². The van der Waals surface area contributed by atoms with Gasteiger partial charge in [-0.1, -0.05) is 49.0 Å². The molecular formula is C23H28N6O2S. The molecular weight excluding hydrogens is 424 g/mol. The smallest absolute Gasteiger partial charge is 0.235 e. The summed E-state index contributed by atoms with van der Waals surface area (Å²) in [6.07, 6.45) is 0.487. The number of carbonyl (C=O) groups excluding carboxylic acids is 1. The van der Waals surface area contributed by atoms with E-state index in [1.54, 1.807) is 7.11 Å². The van der Waals surface area contributed by atoms with Gasteiger partial charge in [0.05, 0.1) is 17.7 Å². The van der Waals surface area contributed by atoms with Gasteiger partial charge < -0.3 is 20.7 Å². The lowest BCUT2D eigenvalue weighted by Crippen LogP contribution is -2.32. The molecule has 0 saturated carbocycles. The number of rotatable bonds is 12. The van der Waals surface area contributed by atoms with Gasteiger partial charge in [0.15, 0.2) is 0 Å². The van der Waals surface area contributed by atoms with E-state index in [0.717, 1.165) is 23.9 Å². The third kappa shape index (κ3) is 6.21. The molecule has 0 aliphatic rings. The molecule has 0 bridgehead atoms. The Kier molecular flexibility index (Phi) is 9.96. The second kappa shape index (κ2) is 12.7. The number of thioether (sulfide) groups is 1. The number of hydrogen-bond acceptors (Lipinski definition) is 8. The minimum Gasteiger partial charge on any atom is -0.383 e. The van der Waals surface area contributed by atoms with Gasteiger partial charge >= 0.3 is 0 Å². The monoisotopic (exact) mass is 452 g/mol. The van der Waals surface area contributed by atoms with Crippen LogP contribution < -0.4 is 16.0 Å². The van der Waals surface area contributed by atoms with E-state index in [9.17, 15) is 15.3 Å². The number of methoxy groups -OCH3 is 1. The van der Waals surface area contributed by atoms with Gasteiger partial charge in [0, 0.05) is 33.8 Å². The van der Waals surface area contributed by atoms with E-state index in [1.165, 1.54) is 0 Å². The summed E-state index contributed by atoms with van der Waals surface area (Å²) >= 11 is 1.14. The third-order valence-electron chi connectivity index (χ3n) is 4.88. The second-order valence-electron chi connectivity index (χ2n) is 7.02. The Labute approximate surface area is 193 Å². The molecule has 9 heteroatoms. The van der Waals surface area contributed by atoms with Crippen molar-refractivity contribution in [2.75, 3.05) is 45.3 Å². The van der Waals surface area contributed by atoms with Gasteiger partial charge in [0.1, 0.15) is 28.2 Å². The van der Waals surface area contributed by atoms with Crippen molar-refractivity contribution in [2.45, 2.75) is 23.6 Å². The summed E-state index contributed by atoms with van der Waals surface area (Å²) in [5.74, 6) is -0.0396. The molecule has 0 fully saturated rings. The van der Waals surface area contributed by atoms with Crippen LogP contribution in [-0.2, 0) is 16.0 Å². The molecule has 0 aliphatic heterocycles. The molecule has 2 aromatic rings. The van der Waals surface area contributed by atoms with E-state index in [4.69, 9.17) is 10.5 Å². The number of likely N-dealkylation sites (N-methyl/N-ethyl adjacent to an activating group) is 1. The lowest BCUT2D eigenvalue weighted by molar-refractivity contribution is -0.117. The van der Waals surface area contributed by atoms with Crippen molar-refractivity contribution in [1.82, 2.24) is 10.3 Å². The normalized spacial score (nSPS) is 11.4. The highest BCUT2D eigenvalue weighted by atomic mass is 32.2. The Morgan fingerprint density at radius 2 is 1.94 bits per heavy atom. The average molecular weight is 453 g/mol. The minimum absolute atomic E-state index is 0.312. The number of hydrogen-bond donors (Lipinski definition) is 2. The summed E-state index contributed by atoms with van der Waals surface area (Å²) in [4.78, 5) is 18.8. The zero-order valence-electron chi connectivity index (χ0n) is 18.6. The lowest BCUT2D eigenvalue weighted by Gasteiger charge is -2.23. The van der Waals surface area contributed by atoms with Gasteiger partial charge in [-0.2, -0.15) is 10.5 Å². The SMILES string of the molecule is CCc1c(C#N)c(SC(C(N)=O)c2ccccc2)nc(N(C)CCNCCOC)c1C#N. The van der Waals surface area contributed by atoms with Crippen molar-refractivity contribution in [1.29, 1.82) is 10.5 Å². The number of carbonyl (C=O) groups is 1. The van der Waals surface area contributed by atoms with Crippen molar-refractivity contribution in [2.24, 2.45) is 5.73 Å². The highest BCUT2D eigenvalue weighted by Gasteiger charge is 2.26. The lowest BCUT2D eigenvalue weighted by atomic mass is 10.0. The van der Waals surface area contributed by atoms with Crippen LogP contribution in [0.15, 0.2) is 35.4 Å². The molecule has 0 aliphatic carbocycles. The first-order chi connectivity index (χ1) is 15.5. The first kappa shape index (κ1) is 25.2. The van der Waals surface area contributed by atoms with Gasteiger partial charge in [-0.15, -0.1) is 0 Å². The Hall–Kier alpha value is -3.11. The molecule has 2 rings (SSSR count). The van der Waals surface area contributed by atoms with Crippen LogP contribution in [0.1, 0.15) is 34.4 Å². The Bertz CT molecular complexity index is 1000. The summed E-state index contributed by atoms with van der Waals surface area (Å²) in [5, 5.41) is 22.7.